The Bertz CT molecular complexity index is 361. The average molecular weight is 236 g/mol. The highest BCUT2D eigenvalue weighted by Crippen LogP contribution is 2.21. The zero-order valence-corrected chi connectivity index (χ0v) is 10.9. The molecule has 0 spiro atoms. The smallest absolute Gasteiger partial charge is 0.123 e. The van der Waals surface area contributed by atoms with Crippen LogP contribution in [0.5, 0.6) is 0 Å². The monoisotopic (exact) mass is 236 g/mol. The topological polar surface area (TPSA) is 6.48 Å². The predicted molar refractivity (Wildman–Crippen MR) is 69.9 cm³/mol. The van der Waals surface area contributed by atoms with Gasteiger partial charge in [-0.3, -0.25) is 4.90 Å². The lowest BCUT2D eigenvalue weighted by Crippen LogP contribution is -2.53. The van der Waals surface area contributed by atoms with Crippen molar-refractivity contribution in [1.82, 2.24) is 4.90 Å². The third kappa shape index (κ3) is 2.78. The molecule has 0 saturated carbocycles. The largest absolute Gasteiger partial charge is 0.366 e. The number of piperazine rings is 1. The third-order valence-electron chi connectivity index (χ3n) is 3.55. The van der Waals surface area contributed by atoms with Gasteiger partial charge in [0, 0.05) is 37.4 Å². The minimum atomic E-state index is -0.165. The molecule has 0 aromatic heterocycles. The van der Waals surface area contributed by atoms with Crippen LogP contribution in [0, 0.1) is 5.82 Å². The average Bonchev–Trinajstić information content (AvgIpc) is 2.30. The van der Waals surface area contributed by atoms with Crippen molar-refractivity contribution >= 4 is 5.69 Å². The van der Waals surface area contributed by atoms with E-state index in [1.807, 2.05) is 12.1 Å². The Balaban J connectivity index is 2.06. The van der Waals surface area contributed by atoms with Crippen LogP contribution in [0.1, 0.15) is 20.8 Å². The summed E-state index contributed by atoms with van der Waals surface area (Å²) >= 11 is 0. The fraction of sp³-hybridized carbons (Fsp3) is 0.571. The maximum absolute atomic E-state index is 12.9. The molecule has 0 N–H and O–H groups in total. The van der Waals surface area contributed by atoms with E-state index in [0.29, 0.717) is 12.1 Å². The van der Waals surface area contributed by atoms with Gasteiger partial charge in [-0.05, 0) is 45.0 Å². The van der Waals surface area contributed by atoms with E-state index < -0.39 is 0 Å². The van der Waals surface area contributed by atoms with E-state index in [-0.39, 0.29) is 5.82 Å². The van der Waals surface area contributed by atoms with Crippen molar-refractivity contribution in [2.24, 2.45) is 0 Å². The zero-order valence-electron chi connectivity index (χ0n) is 10.9. The molecule has 2 nitrogen and oxygen atoms in total. The quantitative estimate of drug-likeness (QED) is 0.779. The molecule has 0 radical (unpaired) electrons. The van der Waals surface area contributed by atoms with Crippen molar-refractivity contribution in [3.05, 3.63) is 30.1 Å². The van der Waals surface area contributed by atoms with Gasteiger partial charge in [0.2, 0.25) is 0 Å². The summed E-state index contributed by atoms with van der Waals surface area (Å²) in [6.07, 6.45) is 0. The number of rotatable bonds is 2. The molecule has 94 valence electrons. The van der Waals surface area contributed by atoms with Crippen LogP contribution in [0.2, 0.25) is 0 Å². The molecule has 17 heavy (non-hydrogen) atoms. The molecule has 0 aliphatic carbocycles. The van der Waals surface area contributed by atoms with Crippen molar-refractivity contribution in [2.75, 3.05) is 24.5 Å². The van der Waals surface area contributed by atoms with Gasteiger partial charge in [0.05, 0.1) is 0 Å². The molecular formula is C14H21FN2. The summed E-state index contributed by atoms with van der Waals surface area (Å²) in [6.45, 7) is 9.89. The number of benzene rings is 1. The number of halogens is 1. The molecule has 0 unspecified atom stereocenters. The lowest BCUT2D eigenvalue weighted by Gasteiger charge is -2.43. The highest BCUT2D eigenvalue weighted by atomic mass is 19.1. The van der Waals surface area contributed by atoms with Crippen LogP contribution >= 0.6 is 0 Å². The van der Waals surface area contributed by atoms with Crippen molar-refractivity contribution in [1.29, 1.82) is 0 Å². The fourth-order valence-corrected chi connectivity index (χ4v) is 2.47. The summed E-state index contributed by atoms with van der Waals surface area (Å²) in [7, 11) is 0. The molecule has 3 heteroatoms. The SMILES string of the molecule is CC(C)N1CCN(c2ccc(F)cc2)[C@@H](C)C1. The summed E-state index contributed by atoms with van der Waals surface area (Å²) in [6, 6.07) is 7.91. The van der Waals surface area contributed by atoms with Crippen LogP contribution in [0.3, 0.4) is 0 Å². The summed E-state index contributed by atoms with van der Waals surface area (Å²) < 4.78 is 12.9. The highest BCUT2D eigenvalue weighted by Gasteiger charge is 2.24. The lowest BCUT2D eigenvalue weighted by molar-refractivity contribution is 0.185. The second kappa shape index (κ2) is 5.05. The van der Waals surface area contributed by atoms with Gasteiger partial charge >= 0.3 is 0 Å². The van der Waals surface area contributed by atoms with Gasteiger partial charge in [-0.1, -0.05) is 0 Å². The van der Waals surface area contributed by atoms with Crippen LogP contribution in [-0.4, -0.2) is 36.6 Å². The first-order valence-electron chi connectivity index (χ1n) is 6.34. The molecule has 1 fully saturated rings. The van der Waals surface area contributed by atoms with Gasteiger partial charge in [0.1, 0.15) is 5.82 Å². The van der Waals surface area contributed by atoms with E-state index in [9.17, 15) is 4.39 Å². The van der Waals surface area contributed by atoms with Crippen LogP contribution in [0.15, 0.2) is 24.3 Å². The van der Waals surface area contributed by atoms with Crippen LogP contribution < -0.4 is 4.90 Å². The first-order chi connectivity index (χ1) is 8.08. The predicted octanol–water partition coefficient (Wildman–Crippen LogP) is 2.74. The number of hydrogen-bond acceptors (Lipinski definition) is 2. The Morgan fingerprint density at radius 2 is 1.82 bits per heavy atom. The minimum absolute atomic E-state index is 0.165. The summed E-state index contributed by atoms with van der Waals surface area (Å²) in [5.74, 6) is -0.165. The zero-order chi connectivity index (χ0) is 12.4. The Labute approximate surface area is 103 Å². The first-order valence-corrected chi connectivity index (χ1v) is 6.34. The van der Waals surface area contributed by atoms with Gasteiger partial charge in [0.15, 0.2) is 0 Å². The van der Waals surface area contributed by atoms with Gasteiger partial charge in [-0.15, -0.1) is 0 Å². The minimum Gasteiger partial charge on any atom is -0.366 e. The van der Waals surface area contributed by atoms with E-state index in [2.05, 4.69) is 30.6 Å². The van der Waals surface area contributed by atoms with E-state index in [0.717, 1.165) is 25.3 Å². The van der Waals surface area contributed by atoms with Crippen molar-refractivity contribution in [3.8, 4) is 0 Å². The van der Waals surface area contributed by atoms with E-state index in [1.54, 1.807) is 0 Å². The summed E-state index contributed by atoms with van der Waals surface area (Å²) in [4.78, 5) is 4.85. The molecule has 1 aromatic carbocycles. The lowest BCUT2D eigenvalue weighted by atomic mass is 10.1. The molecule has 0 amide bonds. The van der Waals surface area contributed by atoms with Gasteiger partial charge in [0.25, 0.3) is 0 Å². The number of anilines is 1. The second-order valence-corrected chi connectivity index (χ2v) is 5.11. The highest BCUT2D eigenvalue weighted by molar-refractivity contribution is 5.47. The molecule has 2 rings (SSSR count). The van der Waals surface area contributed by atoms with Crippen LogP contribution in [0.25, 0.3) is 0 Å². The Morgan fingerprint density at radius 1 is 1.18 bits per heavy atom. The maximum Gasteiger partial charge on any atom is 0.123 e. The Kier molecular flexibility index (Phi) is 3.67. The molecule has 1 aromatic rings. The van der Waals surface area contributed by atoms with Crippen LogP contribution in [0.4, 0.5) is 10.1 Å². The van der Waals surface area contributed by atoms with Gasteiger partial charge < -0.3 is 4.90 Å². The molecule has 0 bridgehead atoms. The van der Waals surface area contributed by atoms with Gasteiger partial charge in [-0.25, -0.2) is 4.39 Å². The Hall–Kier alpha value is -1.09. The molecule has 1 saturated heterocycles. The second-order valence-electron chi connectivity index (χ2n) is 5.11. The van der Waals surface area contributed by atoms with E-state index in [4.69, 9.17) is 0 Å². The van der Waals surface area contributed by atoms with Crippen molar-refractivity contribution < 1.29 is 4.39 Å². The van der Waals surface area contributed by atoms with E-state index in [1.165, 1.54) is 12.1 Å². The fourth-order valence-electron chi connectivity index (χ4n) is 2.47. The molecular weight excluding hydrogens is 215 g/mol. The van der Waals surface area contributed by atoms with Gasteiger partial charge in [-0.2, -0.15) is 0 Å². The molecule has 1 atom stereocenters. The molecule has 1 heterocycles. The first kappa shape index (κ1) is 12.4. The normalized spacial score (nSPS) is 22.2. The standard InChI is InChI=1S/C14H21FN2/c1-11(2)16-8-9-17(12(3)10-16)14-6-4-13(15)5-7-14/h4-7,11-12H,8-10H2,1-3H3/t12-/m0/s1. The van der Waals surface area contributed by atoms with Crippen molar-refractivity contribution in [3.63, 3.8) is 0 Å². The summed E-state index contributed by atoms with van der Waals surface area (Å²) in [5, 5.41) is 0. The molecule has 1 aliphatic rings. The van der Waals surface area contributed by atoms with E-state index >= 15 is 0 Å². The summed E-state index contributed by atoms with van der Waals surface area (Å²) in [5.41, 5.74) is 1.13. The molecule has 1 aliphatic heterocycles. The maximum atomic E-state index is 12.9. The van der Waals surface area contributed by atoms with Crippen LogP contribution in [-0.2, 0) is 0 Å². The number of nitrogens with zero attached hydrogens (tertiary/aromatic N) is 2. The van der Waals surface area contributed by atoms with Crippen molar-refractivity contribution in [2.45, 2.75) is 32.9 Å². The Morgan fingerprint density at radius 3 is 2.35 bits per heavy atom. The number of hydrogen-bond donors (Lipinski definition) is 0. The third-order valence-corrected chi connectivity index (χ3v) is 3.55.